The minimum Gasteiger partial charge on any atom is -0.396 e. The predicted molar refractivity (Wildman–Crippen MR) is 115 cm³/mol. The number of nitrogens with one attached hydrogen (secondary N) is 2. The summed E-state index contributed by atoms with van der Waals surface area (Å²) in [6.45, 7) is 2.40. The Bertz CT molecular complexity index is 986. The van der Waals surface area contributed by atoms with E-state index in [0.29, 0.717) is 30.0 Å². The Kier molecular flexibility index (Phi) is 6.58. The lowest BCUT2D eigenvalue weighted by Crippen LogP contribution is -2.22. The van der Waals surface area contributed by atoms with Crippen molar-refractivity contribution < 1.29 is 9.59 Å². The van der Waals surface area contributed by atoms with Crippen LogP contribution in [0.5, 0.6) is 0 Å². The molecule has 0 aliphatic rings. The van der Waals surface area contributed by atoms with Crippen molar-refractivity contribution in [3.05, 3.63) is 77.9 Å². The molecule has 0 bridgehead atoms. The van der Waals surface area contributed by atoms with E-state index >= 15 is 0 Å². The number of carbonyl (C=O) groups excluding carboxylic acids is 2. The number of nitrogen functional groups attached to an aromatic ring is 1. The lowest BCUT2D eigenvalue weighted by molar-refractivity contribution is -0.121. The summed E-state index contributed by atoms with van der Waals surface area (Å²) in [5, 5.41) is 5.63. The van der Waals surface area contributed by atoms with E-state index in [1.165, 1.54) is 0 Å². The van der Waals surface area contributed by atoms with Gasteiger partial charge in [0.15, 0.2) is 5.82 Å². The van der Waals surface area contributed by atoms with Gasteiger partial charge in [-0.25, -0.2) is 4.98 Å². The number of hydrogen-bond donors (Lipinski definition) is 3. The fourth-order valence-electron chi connectivity index (χ4n) is 2.81. The summed E-state index contributed by atoms with van der Waals surface area (Å²) in [5.74, 6) is 0.0532. The standard InChI is InChI=1S/C23H24N4O2/c1-2-6-21(28)25-15-16-9-11-18(12-10-16)23(29)27-22-19(24)13-14-20(26-22)17-7-4-3-5-8-17/h3-5,7-14H,2,6,15,24H2,1H3,(H,25,28)(H,26,27,29). The maximum atomic E-state index is 12.6. The van der Waals surface area contributed by atoms with Gasteiger partial charge in [-0.1, -0.05) is 49.4 Å². The molecule has 6 heteroatoms. The van der Waals surface area contributed by atoms with Crippen LogP contribution < -0.4 is 16.4 Å². The Morgan fingerprint density at radius 3 is 2.38 bits per heavy atom. The van der Waals surface area contributed by atoms with Gasteiger partial charge in [-0.05, 0) is 36.2 Å². The van der Waals surface area contributed by atoms with Gasteiger partial charge in [-0.15, -0.1) is 0 Å². The van der Waals surface area contributed by atoms with Gasteiger partial charge in [0.1, 0.15) is 0 Å². The van der Waals surface area contributed by atoms with Gasteiger partial charge in [0.2, 0.25) is 5.91 Å². The van der Waals surface area contributed by atoms with E-state index < -0.39 is 0 Å². The van der Waals surface area contributed by atoms with Crippen molar-refractivity contribution in [2.75, 3.05) is 11.1 Å². The molecule has 29 heavy (non-hydrogen) atoms. The average Bonchev–Trinajstić information content (AvgIpc) is 2.75. The first-order valence-electron chi connectivity index (χ1n) is 9.55. The maximum absolute atomic E-state index is 12.6. The Morgan fingerprint density at radius 2 is 1.69 bits per heavy atom. The quantitative estimate of drug-likeness (QED) is 0.570. The molecule has 0 radical (unpaired) electrons. The van der Waals surface area contributed by atoms with E-state index in [1.807, 2.05) is 55.5 Å². The molecule has 4 N–H and O–H groups in total. The van der Waals surface area contributed by atoms with Crippen LogP contribution >= 0.6 is 0 Å². The number of aromatic nitrogens is 1. The SMILES string of the molecule is CCCC(=O)NCc1ccc(C(=O)Nc2nc(-c3ccccc3)ccc2N)cc1. The van der Waals surface area contributed by atoms with E-state index in [9.17, 15) is 9.59 Å². The van der Waals surface area contributed by atoms with Crippen molar-refractivity contribution in [2.24, 2.45) is 0 Å². The Balaban J connectivity index is 1.68. The third kappa shape index (κ3) is 5.42. The van der Waals surface area contributed by atoms with Gasteiger partial charge in [0.05, 0.1) is 11.4 Å². The van der Waals surface area contributed by atoms with Crippen molar-refractivity contribution in [1.29, 1.82) is 0 Å². The molecule has 0 atom stereocenters. The molecule has 2 aromatic carbocycles. The van der Waals surface area contributed by atoms with E-state index in [0.717, 1.165) is 23.2 Å². The van der Waals surface area contributed by atoms with E-state index in [4.69, 9.17) is 5.73 Å². The molecular formula is C23H24N4O2. The monoisotopic (exact) mass is 388 g/mol. The van der Waals surface area contributed by atoms with E-state index in [-0.39, 0.29) is 11.8 Å². The van der Waals surface area contributed by atoms with E-state index in [2.05, 4.69) is 15.6 Å². The second-order valence-corrected chi connectivity index (χ2v) is 6.68. The molecule has 3 rings (SSSR count). The average molecular weight is 388 g/mol. The zero-order chi connectivity index (χ0) is 20.6. The molecule has 0 spiro atoms. The molecule has 6 nitrogen and oxygen atoms in total. The fraction of sp³-hybridized carbons (Fsp3) is 0.174. The molecule has 0 unspecified atom stereocenters. The summed E-state index contributed by atoms with van der Waals surface area (Å²) in [6, 6.07) is 20.3. The molecule has 0 saturated heterocycles. The van der Waals surface area contributed by atoms with Crippen molar-refractivity contribution in [1.82, 2.24) is 10.3 Å². The smallest absolute Gasteiger partial charge is 0.256 e. The highest BCUT2D eigenvalue weighted by atomic mass is 16.2. The zero-order valence-corrected chi connectivity index (χ0v) is 16.3. The third-order valence-corrected chi connectivity index (χ3v) is 4.41. The summed E-state index contributed by atoms with van der Waals surface area (Å²) >= 11 is 0. The third-order valence-electron chi connectivity index (χ3n) is 4.41. The molecule has 2 amide bonds. The van der Waals surface area contributed by atoms with E-state index in [1.54, 1.807) is 18.2 Å². The van der Waals surface area contributed by atoms with Crippen LogP contribution in [0.3, 0.4) is 0 Å². The van der Waals surface area contributed by atoms with Crippen LogP contribution in [0, 0.1) is 0 Å². The first-order chi connectivity index (χ1) is 14.1. The van der Waals surface area contributed by atoms with Crippen molar-refractivity contribution in [3.63, 3.8) is 0 Å². The highest BCUT2D eigenvalue weighted by Gasteiger charge is 2.11. The highest BCUT2D eigenvalue weighted by molar-refractivity contribution is 6.05. The van der Waals surface area contributed by atoms with Crippen LogP contribution in [0.2, 0.25) is 0 Å². The van der Waals surface area contributed by atoms with Gasteiger partial charge in [0, 0.05) is 24.1 Å². The molecule has 0 aliphatic carbocycles. The number of carbonyl (C=O) groups is 2. The minimum absolute atomic E-state index is 0.0224. The largest absolute Gasteiger partial charge is 0.396 e. The number of anilines is 2. The molecule has 1 aromatic heterocycles. The maximum Gasteiger partial charge on any atom is 0.256 e. The summed E-state index contributed by atoms with van der Waals surface area (Å²) < 4.78 is 0. The van der Waals surface area contributed by atoms with Crippen LogP contribution in [0.15, 0.2) is 66.7 Å². The summed E-state index contributed by atoms with van der Waals surface area (Å²) in [6.07, 6.45) is 1.32. The van der Waals surface area contributed by atoms with Gasteiger partial charge < -0.3 is 16.4 Å². The van der Waals surface area contributed by atoms with Gasteiger partial charge >= 0.3 is 0 Å². The summed E-state index contributed by atoms with van der Waals surface area (Å²) in [4.78, 5) is 28.7. The van der Waals surface area contributed by atoms with Crippen LogP contribution in [0.25, 0.3) is 11.3 Å². The first kappa shape index (κ1) is 20.1. The highest BCUT2D eigenvalue weighted by Crippen LogP contribution is 2.23. The van der Waals surface area contributed by atoms with Crippen molar-refractivity contribution in [2.45, 2.75) is 26.3 Å². The van der Waals surface area contributed by atoms with Gasteiger partial charge in [-0.2, -0.15) is 0 Å². The van der Waals surface area contributed by atoms with Gasteiger partial charge in [-0.3, -0.25) is 9.59 Å². The zero-order valence-electron chi connectivity index (χ0n) is 16.3. The second-order valence-electron chi connectivity index (χ2n) is 6.68. The lowest BCUT2D eigenvalue weighted by atomic mass is 10.1. The van der Waals surface area contributed by atoms with Gasteiger partial charge in [0.25, 0.3) is 5.91 Å². The summed E-state index contributed by atoms with van der Waals surface area (Å²) in [5.41, 5.74) is 9.47. The second kappa shape index (κ2) is 9.50. The Morgan fingerprint density at radius 1 is 0.966 bits per heavy atom. The molecular weight excluding hydrogens is 364 g/mol. The number of pyridine rings is 1. The minimum atomic E-state index is -0.295. The number of benzene rings is 2. The lowest BCUT2D eigenvalue weighted by Gasteiger charge is -2.10. The fourth-order valence-corrected chi connectivity index (χ4v) is 2.81. The van der Waals surface area contributed by atoms with Crippen LogP contribution in [0.4, 0.5) is 11.5 Å². The van der Waals surface area contributed by atoms with Crippen LogP contribution in [-0.4, -0.2) is 16.8 Å². The first-order valence-corrected chi connectivity index (χ1v) is 9.55. The molecule has 3 aromatic rings. The number of amides is 2. The predicted octanol–water partition coefficient (Wildman–Crippen LogP) is 4.00. The Labute approximate surface area is 170 Å². The van der Waals surface area contributed by atoms with Crippen molar-refractivity contribution in [3.8, 4) is 11.3 Å². The Hall–Kier alpha value is -3.67. The molecule has 1 heterocycles. The molecule has 0 fully saturated rings. The number of nitrogens with two attached hydrogens (primary N) is 1. The molecule has 148 valence electrons. The normalized spacial score (nSPS) is 10.4. The molecule has 0 saturated carbocycles. The number of nitrogens with zero attached hydrogens (tertiary/aromatic N) is 1. The van der Waals surface area contributed by atoms with Crippen LogP contribution in [0.1, 0.15) is 35.7 Å². The number of rotatable bonds is 7. The van der Waals surface area contributed by atoms with Crippen LogP contribution in [-0.2, 0) is 11.3 Å². The number of hydrogen-bond acceptors (Lipinski definition) is 4. The molecule has 0 aliphatic heterocycles. The van der Waals surface area contributed by atoms with Crippen molar-refractivity contribution >= 4 is 23.3 Å². The topological polar surface area (TPSA) is 97.1 Å². The summed E-state index contributed by atoms with van der Waals surface area (Å²) in [7, 11) is 0.